The van der Waals surface area contributed by atoms with Crippen LogP contribution in [0.5, 0.6) is 0 Å². The molecule has 0 bridgehead atoms. The van der Waals surface area contributed by atoms with Gasteiger partial charge in [-0.1, -0.05) is 0 Å². The normalized spacial score (nSPS) is 21.6. The molecule has 2 fully saturated rings. The molecule has 0 saturated carbocycles. The lowest BCUT2D eigenvalue weighted by Crippen LogP contribution is -2.42. The average molecular weight is 384 g/mol. The third kappa shape index (κ3) is 4.24. The van der Waals surface area contributed by atoms with Gasteiger partial charge in [0, 0.05) is 37.5 Å². The van der Waals surface area contributed by atoms with Crippen molar-refractivity contribution in [3.63, 3.8) is 0 Å². The molecule has 2 saturated heterocycles. The molecule has 0 aromatic carbocycles. The van der Waals surface area contributed by atoms with E-state index in [0.717, 1.165) is 51.0 Å². The Labute approximate surface area is 164 Å². The Kier molecular flexibility index (Phi) is 5.43. The van der Waals surface area contributed by atoms with Gasteiger partial charge in [0.15, 0.2) is 5.82 Å². The largest absolute Gasteiger partial charge is 0.368 e. The first-order chi connectivity index (χ1) is 13.6. The fourth-order valence-corrected chi connectivity index (χ4v) is 4.07. The molecule has 2 aliphatic heterocycles. The van der Waals surface area contributed by atoms with E-state index in [-0.39, 0.29) is 17.9 Å². The van der Waals surface area contributed by atoms with E-state index in [1.807, 2.05) is 27.9 Å². The number of urea groups is 1. The predicted octanol–water partition coefficient (Wildman–Crippen LogP) is 1.93. The number of anilines is 2. The first kappa shape index (κ1) is 18.7. The van der Waals surface area contributed by atoms with Crippen LogP contribution < -0.4 is 11.1 Å². The molecule has 0 aliphatic carbocycles. The summed E-state index contributed by atoms with van der Waals surface area (Å²) >= 11 is 0. The molecule has 4 rings (SSSR count). The maximum absolute atomic E-state index is 12.7. The smallest absolute Gasteiger partial charge is 0.323 e. The van der Waals surface area contributed by atoms with Crippen molar-refractivity contribution in [3.8, 4) is 0 Å². The first-order valence-corrected chi connectivity index (χ1v) is 9.96. The molecule has 2 aromatic rings. The van der Waals surface area contributed by atoms with Crippen molar-refractivity contribution in [1.82, 2.24) is 29.5 Å². The minimum atomic E-state index is -0.111. The Balaban J connectivity index is 1.36. The molecule has 2 amide bonds. The second-order valence-corrected chi connectivity index (χ2v) is 7.77. The lowest BCUT2D eigenvalue weighted by molar-refractivity contribution is 0.192. The maximum atomic E-state index is 12.7. The van der Waals surface area contributed by atoms with E-state index in [1.165, 1.54) is 0 Å². The molecule has 150 valence electrons. The van der Waals surface area contributed by atoms with Crippen LogP contribution in [0.25, 0.3) is 0 Å². The lowest BCUT2D eigenvalue weighted by Gasteiger charge is -2.32. The number of likely N-dealkylation sites (tertiary alicyclic amines) is 2. The highest BCUT2D eigenvalue weighted by atomic mass is 16.2. The molecular weight excluding hydrogens is 356 g/mol. The summed E-state index contributed by atoms with van der Waals surface area (Å²) in [5.41, 5.74) is 6.60. The van der Waals surface area contributed by atoms with E-state index in [4.69, 9.17) is 5.73 Å². The Hall–Kier alpha value is -2.68. The molecule has 9 nitrogen and oxygen atoms in total. The third-order valence-corrected chi connectivity index (χ3v) is 5.73. The number of nitrogens with one attached hydrogen (secondary N) is 1. The van der Waals surface area contributed by atoms with Gasteiger partial charge >= 0.3 is 6.03 Å². The van der Waals surface area contributed by atoms with Crippen LogP contribution in [0.2, 0.25) is 0 Å². The van der Waals surface area contributed by atoms with Crippen molar-refractivity contribution in [3.05, 3.63) is 30.2 Å². The van der Waals surface area contributed by atoms with E-state index in [2.05, 4.69) is 32.3 Å². The molecule has 0 spiro atoms. The lowest BCUT2D eigenvalue weighted by atomic mass is 9.95. The molecule has 4 heterocycles. The standard InChI is InChI=1S/C19H28N8O/c1-25-10-5-15(6-11-25)27-12-7-17(24-27)23-19(28)26-9-2-3-14(13-26)16-4-8-21-18(20)22-16/h4,7-8,12,14-15H,2-3,5-6,9-11,13H2,1H3,(H2,20,21,22)(H,23,24,28). The van der Waals surface area contributed by atoms with Gasteiger partial charge in [-0.05, 0) is 51.9 Å². The van der Waals surface area contributed by atoms with Gasteiger partial charge in [-0.3, -0.25) is 10.00 Å². The zero-order valence-corrected chi connectivity index (χ0v) is 16.3. The molecule has 2 aromatic heterocycles. The molecular formula is C19H28N8O. The van der Waals surface area contributed by atoms with Crippen molar-refractivity contribution in [1.29, 1.82) is 0 Å². The van der Waals surface area contributed by atoms with Gasteiger partial charge in [-0.2, -0.15) is 5.10 Å². The zero-order chi connectivity index (χ0) is 19.5. The number of hydrogen-bond acceptors (Lipinski definition) is 6. The summed E-state index contributed by atoms with van der Waals surface area (Å²) in [6.45, 7) is 3.51. The summed E-state index contributed by atoms with van der Waals surface area (Å²) in [4.78, 5) is 25.2. The molecule has 28 heavy (non-hydrogen) atoms. The number of aromatic nitrogens is 4. The van der Waals surface area contributed by atoms with Crippen LogP contribution in [-0.2, 0) is 0 Å². The van der Waals surface area contributed by atoms with E-state index < -0.39 is 0 Å². The second-order valence-electron chi connectivity index (χ2n) is 7.77. The number of nitrogens with two attached hydrogens (primary N) is 1. The summed E-state index contributed by atoms with van der Waals surface area (Å²) < 4.78 is 1.99. The van der Waals surface area contributed by atoms with Crippen molar-refractivity contribution in [2.24, 2.45) is 0 Å². The highest BCUT2D eigenvalue weighted by Gasteiger charge is 2.26. The number of hydrogen-bond donors (Lipinski definition) is 2. The quantitative estimate of drug-likeness (QED) is 0.838. The second kappa shape index (κ2) is 8.14. The molecule has 2 aliphatic rings. The maximum Gasteiger partial charge on any atom is 0.323 e. The summed E-state index contributed by atoms with van der Waals surface area (Å²) in [5, 5.41) is 7.54. The van der Waals surface area contributed by atoms with E-state index in [1.54, 1.807) is 6.20 Å². The number of amides is 2. The Morgan fingerprint density at radius 2 is 2.04 bits per heavy atom. The van der Waals surface area contributed by atoms with Crippen molar-refractivity contribution >= 4 is 17.8 Å². The Bertz CT molecular complexity index is 814. The van der Waals surface area contributed by atoms with E-state index in [9.17, 15) is 4.79 Å². The van der Waals surface area contributed by atoms with Crippen LogP contribution in [0, 0.1) is 0 Å². The third-order valence-electron chi connectivity index (χ3n) is 5.73. The van der Waals surface area contributed by atoms with Crippen LogP contribution >= 0.6 is 0 Å². The monoisotopic (exact) mass is 384 g/mol. The van der Waals surface area contributed by atoms with Crippen molar-refractivity contribution in [2.45, 2.75) is 37.6 Å². The first-order valence-electron chi connectivity index (χ1n) is 9.96. The van der Waals surface area contributed by atoms with Gasteiger partial charge in [-0.15, -0.1) is 0 Å². The molecule has 9 heteroatoms. The van der Waals surface area contributed by atoms with Crippen LogP contribution in [0.15, 0.2) is 24.5 Å². The predicted molar refractivity (Wildman–Crippen MR) is 107 cm³/mol. The van der Waals surface area contributed by atoms with Gasteiger partial charge in [0.05, 0.1) is 11.7 Å². The topological polar surface area (TPSA) is 105 Å². The SMILES string of the molecule is CN1CCC(n2ccc(NC(=O)N3CCCC(c4ccnc(N)n4)C3)n2)CC1. The minimum absolute atomic E-state index is 0.111. The van der Waals surface area contributed by atoms with Crippen molar-refractivity contribution < 1.29 is 4.79 Å². The number of piperidine rings is 2. The van der Waals surface area contributed by atoms with Gasteiger partial charge in [0.2, 0.25) is 5.95 Å². The summed E-state index contributed by atoms with van der Waals surface area (Å²) in [6, 6.07) is 4.05. The number of rotatable bonds is 3. The van der Waals surface area contributed by atoms with Crippen LogP contribution in [0.4, 0.5) is 16.6 Å². The van der Waals surface area contributed by atoms with Gasteiger partial charge in [0.25, 0.3) is 0 Å². The zero-order valence-electron chi connectivity index (χ0n) is 16.3. The number of carbonyl (C=O) groups is 1. The van der Waals surface area contributed by atoms with Gasteiger partial charge in [0.1, 0.15) is 0 Å². The Morgan fingerprint density at radius 1 is 1.21 bits per heavy atom. The number of nitrogen functional groups attached to an aromatic ring is 1. The highest BCUT2D eigenvalue weighted by Crippen LogP contribution is 2.26. The van der Waals surface area contributed by atoms with Gasteiger partial charge < -0.3 is 15.5 Å². The molecule has 1 atom stereocenters. The van der Waals surface area contributed by atoms with E-state index in [0.29, 0.717) is 18.4 Å². The van der Waals surface area contributed by atoms with Crippen LogP contribution in [0.3, 0.4) is 0 Å². The van der Waals surface area contributed by atoms with Crippen molar-refractivity contribution in [2.75, 3.05) is 44.3 Å². The average Bonchev–Trinajstić information content (AvgIpc) is 3.17. The number of carbonyl (C=O) groups excluding carboxylic acids is 1. The fraction of sp³-hybridized carbons (Fsp3) is 0.579. The Morgan fingerprint density at radius 3 is 2.82 bits per heavy atom. The molecule has 1 unspecified atom stereocenters. The fourth-order valence-electron chi connectivity index (χ4n) is 4.07. The minimum Gasteiger partial charge on any atom is -0.368 e. The van der Waals surface area contributed by atoms with Crippen LogP contribution in [0.1, 0.15) is 43.3 Å². The number of nitrogens with zero attached hydrogens (tertiary/aromatic N) is 6. The molecule has 3 N–H and O–H groups in total. The summed E-state index contributed by atoms with van der Waals surface area (Å²) in [7, 11) is 2.15. The summed E-state index contributed by atoms with van der Waals surface area (Å²) in [5.74, 6) is 1.07. The highest BCUT2D eigenvalue weighted by molar-refractivity contribution is 5.88. The molecule has 0 radical (unpaired) electrons. The van der Waals surface area contributed by atoms with Gasteiger partial charge in [-0.25, -0.2) is 14.8 Å². The summed E-state index contributed by atoms with van der Waals surface area (Å²) in [6.07, 6.45) is 7.74. The van der Waals surface area contributed by atoms with Crippen LogP contribution in [-0.4, -0.2) is 68.8 Å². The van der Waals surface area contributed by atoms with E-state index >= 15 is 0 Å².